The Kier molecular flexibility index (Phi) is 5.33. The van der Waals surface area contributed by atoms with Gasteiger partial charge in [0, 0.05) is 12.4 Å². The molecule has 0 bridgehead atoms. The lowest BCUT2D eigenvalue weighted by Crippen LogP contribution is -2.45. The number of amides is 1. The molecule has 1 aromatic carbocycles. The number of hydrogen-bond acceptors (Lipinski definition) is 4. The number of nitrogens with zero attached hydrogens (tertiary/aromatic N) is 2. The number of aliphatic carboxylic acids is 1. The molecule has 1 amide bonds. The van der Waals surface area contributed by atoms with Gasteiger partial charge in [-0.25, -0.2) is 9.48 Å². The largest absolute Gasteiger partial charge is 0.480 e. The molecule has 24 heavy (non-hydrogen) atoms. The topological polar surface area (TPSA) is 101 Å². The van der Waals surface area contributed by atoms with Gasteiger partial charge in [0.15, 0.2) is 0 Å². The van der Waals surface area contributed by atoms with Crippen LogP contribution in [0.15, 0.2) is 29.1 Å². The predicted octanol–water partition coefficient (Wildman–Crippen LogP) is 1.09. The number of carbonyl (C=O) groups excluding carboxylic acids is 1. The van der Waals surface area contributed by atoms with Crippen LogP contribution >= 0.6 is 0 Å². The second-order valence-corrected chi connectivity index (χ2v) is 5.87. The molecule has 128 valence electrons. The molecule has 2 aromatic rings. The molecule has 2 rings (SSSR count). The average molecular weight is 331 g/mol. The second kappa shape index (κ2) is 7.25. The normalized spacial score (nSPS) is 13.5. The Morgan fingerprint density at radius 2 is 1.92 bits per heavy atom. The molecule has 0 fully saturated rings. The van der Waals surface area contributed by atoms with Gasteiger partial charge in [0.25, 0.3) is 5.56 Å². The SMILES string of the molecule is CCC(C)C(NC(=O)Cc1nn(C)c(=O)c2ccccc12)C(=O)O. The van der Waals surface area contributed by atoms with Gasteiger partial charge in [0.1, 0.15) is 6.04 Å². The monoisotopic (exact) mass is 331 g/mol. The highest BCUT2D eigenvalue weighted by Crippen LogP contribution is 2.14. The van der Waals surface area contributed by atoms with Crippen LogP contribution in [0, 0.1) is 5.92 Å². The van der Waals surface area contributed by atoms with Crippen LogP contribution < -0.4 is 10.9 Å². The Morgan fingerprint density at radius 1 is 1.29 bits per heavy atom. The first-order chi connectivity index (χ1) is 11.3. The van der Waals surface area contributed by atoms with Gasteiger partial charge in [-0.1, -0.05) is 38.5 Å². The van der Waals surface area contributed by atoms with Gasteiger partial charge in [0.2, 0.25) is 5.91 Å². The van der Waals surface area contributed by atoms with E-state index in [9.17, 15) is 19.5 Å². The van der Waals surface area contributed by atoms with E-state index in [2.05, 4.69) is 10.4 Å². The standard InChI is InChI=1S/C17H21N3O4/c1-4-10(2)15(17(23)24)18-14(21)9-13-11-7-5-6-8-12(11)16(22)20(3)19-13/h5-8,10,15H,4,9H2,1-3H3,(H,18,21)(H,23,24). The molecule has 7 heteroatoms. The fourth-order valence-corrected chi connectivity index (χ4v) is 2.57. The van der Waals surface area contributed by atoms with Gasteiger partial charge in [0.05, 0.1) is 17.5 Å². The van der Waals surface area contributed by atoms with Crippen molar-refractivity contribution in [3.8, 4) is 0 Å². The van der Waals surface area contributed by atoms with Crippen molar-refractivity contribution in [2.75, 3.05) is 0 Å². The Balaban J connectivity index is 2.29. The molecule has 2 unspecified atom stereocenters. The minimum atomic E-state index is -1.06. The van der Waals surface area contributed by atoms with Crippen molar-refractivity contribution < 1.29 is 14.7 Å². The minimum Gasteiger partial charge on any atom is -0.480 e. The van der Waals surface area contributed by atoms with Crippen LogP contribution in [0.5, 0.6) is 0 Å². The quantitative estimate of drug-likeness (QED) is 0.825. The van der Waals surface area contributed by atoms with Gasteiger partial charge in [-0.3, -0.25) is 9.59 Å². The number of fused-ring (bicyclic) bond motifs is 1. The van der Waals surface area contributed by atoms with E-state index < -0.39 is 17.9 Å². The predicted molar refractivity (Wildman–Crippen MR) is 89.7 cm³/mol. The maximum Gasteiger partial charge on any atom is 0.326 e. The molecule has 0 aliphatic heterocycles. The average Bonchev–Trinajstić information content (AvgIpc) is 2.56. The highest BCUT2D eigenvalue weighted by atomic mass is 16.4. The van der Waals surface area contributed by atoms with E-state index in [1.807, 2.05) is 6.92 Å². The molecule has 0 radical (unpaired) electrons. The molecule has 0 saturated heterocycles. The fourth-order valence-electron chi connectivity index (χ4n) is 2.57. The van der Waals surface area contributed by atoms with Crippen LogP contribution in [0.25, 0.3) is 10.8 Å². The third kappa shape index (κ3) is 3.61. The summed E-state index contributed by atoms with van der Waals surface area (Å²) in [6.07, 6.45) is 0.549. The molecular weight excluding hydrogens is 310 g/mol. The van der Waals surface area contributed by atoms with E-state index in [0.29, 0.717) is 22.9 Å². The van der Waals surface area contributed by atoms with Gasteiger partial charge >= 0.3 is 5.97 Å². The minimum absolute atomic E-state index is 0.0884. The van der Waals surface area contributed by atoms with Crippen LogP contribution in [-0.2, 0) is 23.1 Å². The van der Waals surface area contributed by atoms with E-state index in [4.69, 9.17) is 0 Å². The van der Waals surface area contributed by atoms with Gasteiger partial charge < -0.3 is 10.4 Å². The molecule has 0 saturated carbocycles. The molecule has 0 aliphatic rings. The smallest absolute Gasteiger partial charge is 0.326 e. The maximum atomic E-state index is 12.3. The second-order valence-electron chi connectivity index (χ2n) is 5.87. The number of hydrogen-bond donors (Lipinski definition) is 2. The van der Waals surface area contributed by atoms with E-state index >= 15 is 0 Å². The lowest BCUT2D eigenvalue weighted by Gasteiger charge is -2.20. The lowest BCUT2D eigenvalue weighted by atomic mass is 9.99. The van der Waals surface area contributed by atoms with Crippen molar-refractivity contribution in [2.45, 2.75) is 32.7 Å². The number of benzene rings is 1. The molecule has 1 aromatic heterocycles. The van der Waals surface area contributed by atoms with Crippen molar-refractivity contribution in [1.82, 2.24) is 15.1 Å². The number of carbonyl (C=O) groups is 2. The molecule has 0 spiro atoms. The highest BCUT2D eigenvalue weighted by molar-refractivity contribution is 5.90. The van der Waals surface area contributed by atoms with Crippen molar-refractivity contribution in [2.24, 2.45) is 13.0 Å². The van der Waals surface area contributed by atoms with E-state index in [0.717, 1.165) is 0 Å². The summed E-state index contributed by atoms with van der Waals surface area (Å²) in [5, 5.41) is 17.1. The summed E-state index contributed by atoms with van der Waals surface area (Å²) in [4.78, 5) is 35.7. The third-order valence-corrected chi connectivity index (χ3v) is 4.16. The van der Waals surface area contributed by atoms with Crippen LogP contribution in [0.3, 0.4) is 0 Å². The molecular formula is C17H21N3O4. The Bertz CT molecular complexity index is 828. The molecule has 0 aliphatic carbocycles. The highest BCUT2D eigenvalue weighted by Gasteiger charge is 2.25. The summed E-state index contributed by atoms with van der Waals surface area (Å²) in [7, 11) is 1.52. The number of aryl methyl sites for hydroxylation is 1. The summed E-state index contributed by atoms with van der Waals surface area (Å²) < 4.78 is 1.19. The molecule has 7 nitrogen and oxygen atoms in total. The van der Waals surface area contributed by atoms with Gasteiger partial charge in [-0.2, -0.15) is 5.10 Å². The van der Waals surface area contributed by atoms with Crippen LogP contribution in [0.4, 0.5) is 0 Å². The zero-order valence-corrected chi connectivity index (χ0v) is 13.9. The number of nitrogens with one attached hydrogen (secondary N) is 1. The summed E-state index contributed by atoms with van der Waals surface area (Å²) in [6.45, 7) is 3.65. The van der Waals surface area contributed by atoms with Crippen molar-refractivity contribution in [3.63, 3.8) is 0 Å². The van der Waals surface area contributed by atoms with E-state index in [-0.39, 0.29) is 17.9 Å². The van der Waals surface area contributed by atoms with Crippen LogP contribution in [0.1, 0.15) is 26.0 Å². The maximum absolute atomic E-state index is 12.3. The molecule has 1 heterocycles. The summed E-state index contributed by atoms with van der Waals surface area (Å²) in [5.41, 5.74) is 0.205. The number of aromatic nitrogens is 2. The Morgan fingerprint density at radius 3 is 2.50 bits per heavy atom. The first kappa shape index (κ1) is 17.7. The zero-order valence-electron chi connectivity index (χ0n) is 13.9. The van der Waals surface area contributed by atoms with E-state index in [1.54, 1.807) is 31.2 Å². The van der Waals surface area contributed by atoms with Crippen molar-refractivity contribution in [1.29, 1.82) is 0 Å². The molecule has 2 N–H and O–H groups in total. The number of carboxylic acids is 1. The van der Waals surface area contributed by atoms with Gasteiger partial charge in [-0.15, -0.1) is 0 Å². The lowest BCUT2D eigenvalue weighted by molar-refractivity contribution is -0.143. The zero-order chi connectivity index (χ0) is 17.9. The van der Waals surface area contributed by atoms with Crippen LogP contribution in [-0.4, -0.2) is 32.8 Å². The fraction of sp³-hybridized carbons (Fsp3) is 0.412. The van der Waals surface area contributed by atoms with E-state index in [1.165, 1.54) is 11.7 Å². The van der Waals surface area contributed by atoms with Crippen LogP contribution in [0.2, 0.25) is 0 Å². The van der Waals surface area contributed by atoms with Crippen molar-refractivity contribution in [3.05, 3.63) is 40.3 Å². The third-order valence-electron chi connectivity index (χ3n) is 4.16. The summed E-state index contributed by atoms with van der Waals surface area (Å²) >= 11 is 0. The number of rotatable bonds is 6. The van der Waals surface area contributed by atoms with Crippen molar-refractivity contribution >= 4 is 22.6 Å². The summed E-state index contributed by atoms with van der Waals surface area (Å²) in [5.74, 6) is -1.67. The first-order valence-corrected chi connectivity index (χ1v) is 7.82. The molecule has 2 atom stereocenters. The summed E-state index contributed by atoms with van der Waals surface area (Å²) in [6, 6.07) is 5.98. The Labute approximate surface area is 139 Å². The van der Waals surface area contributed by atoms with Gasteiger partial charge in [-0.05, 0) is 12.0 Å². The first-order valence-electron chi connectivity index (χ1n) is 7.82. The Hall–Kier alpha value is -2.70. The number of carboxylic acid groups (broad SMARTS) is 1.